The number of piperazine rings is 1. The van der Waals surface area contributed by atoms with E-state index in [2.05, 4.69) is 26.8 Å². The van der Waals surface area contributed by atoms with E-state index in [-0.39, 0.29) is 5.56 Å². The number of benzene rings is 2. The van der Waals surface area contributed by atoms with E-state index in [4.69, 9.17) is 5.73 Å². The SMILES string of the molecule is CN=Cc1cc(-n2cnc3ccc(N4CCN(C)CC4)cc3c2=O)ccc1N. The molecule has 3 aromatic rings. The van der Waals surface area contributed by atoms with Crippen LogP contribution in [0.2, 0.25) is 0 Å². The molecule has 7 nitrogen and oxygen atoms in total. The summed E-state index contributed by atoms with van der Waals surface area (Å²) < 4.78 is 1.56. The monoisotopic (exact) mass is 376 g/mol. The van der Waals surface area contributed by atoms with Crippen LogP contribution in [0.25, 0.3) is 16.6 Å². The molecule has 0 saturated carbocycles. The highest BCUT2D eigenvalue weighted by Gasteiger charge is 2.16. The Labute approximate surface area is 163 Å². The first-order chi connectivity index (χ1) is 13.6. The number of nitrogens with two attached hydrogens (primary N) is 1. The van der Waals surface area contributed by atoms with Gasteiger partial charge in [0.25, 0.3) is 5.56 Å². The predicted molar refractivity (Wildman–Crippen MR) is 115 cm³/mol. The molecule has 1 saturated heterocycles. The van der Waals surface area contributed by atoms with E-state index < -0.39 is 0 Å². The average Bonchev–Trinajstić information content (AvgIpc) is 2.71. The van der Waals surface area contributed by atoms with Gasteiger partial charge < -0.3 is 15.5 Å². The lowest BCUT2D eigenvalue weighted by Gasteiger charge is -2.34. The van der Waals surface area contributed by atoms with Crippen molar-refractivity contribution in [2.75, 3.05) is 50.9 Å². The number of hydrogen-bond acceptors (Lipinski definition) is 6. The van der Waals surface area contributed by atoms with Crippen LogP contribution in [0.1, 0.15) is 5.56 Å². The number of fused-ring (bicyclic) bond motifs is 1. The highest BCUT2D eigenvalue weighted by molar-refractivity contribution is 5.88. The van der Waals surface area contributed by atoms with Crippen LogP contribution in [0.5, 0.6) is 0 Å². The molecule has 0 bridgehead atoms. The number of hydrogen-bond donors (Lipinski definition) is 1. The van der Waals surface area contributed by atoms with Crippen molar-refractivity contribution in [2.45, 2.75) is 0 Å². The second-order valence-electron chi connectivity index (χ2n) is 7.11. The van der Waals surface area contributed by atoms with E-state index in [1.807, 2.05) is 30.3 Å². The van der Waals surface area contributed by atoms with Gasteiger partial charge in [0.05, 0.1) is 16.6 Å². The zero-order chi connectivity index (χ0) is 19.7. The molecule has 0 atom stereocenters. The van der Waals surface area contributed by atoms with Crippen molar-refractivity contribution >= 4 is 28.5 Å². The van der Waals surface area contributed by atoms with E-state index in [0.717, 1.165) is 37.4 Å². The minimum atomic E-state index is -0.0925. The van der Waals surface area contributed by atoms with Gasteiger partial charge in [0.2, 0.25) is 0 Å². The maximum absolute atomic E-state index is 13.2. The maximum atomic E-state index is 13.2. The summed E-state index contributed by atoms with van der Waals surface area (Å²) in [7, 11) is 3.82. The lowest BCUT2D eigenvalue weighted by atomic mass is 10.1. The third-order valence-electron chi connectivity index (χ3n) is 5.23. The Morgan fingerprint density at radius 1 is 1.07 bits per heavy atom. The van der Waals surface area contributed by atoms with Crippen LogP contribution in [0.15, 0.2) is 52.5 Å². The van der Waals surface area contributed by atoms with Gasteiger partial charge in [0.1, 0.15) is 6.33 Å². The van der Waals surface area contributed by atoms with E-state index in [1.54, 1.807) is 30.2 Å². The molecule has 2 aromatic carbocycles. The highest BCUT2D eigenvalue weighted by atomic mass is 16.1. The third kappa shape index (κ3) is 3.36. The Bertz CT molecular complexity index is 1100. The average molecular weight is 376 g/mol. The van der Waals surface area contributed by atoms with Crippen LogP contribution in [0.3, 0.4) is 0 Å². The Morgan fingerprint density at radius 3 is 2.57 bits per heavy atom. The quantitative estimate of drug-likeness (QED) is 0.557. The molecule has 2 N–H and O–H groups in total. The summed E-state index contributed by atoms with van der Waals surface area (Å²) in [5, 5.41) is 0.612. The standard InChI is InChI=1S/C21H24N6O/c1-23-13-15-11-17(3-5-19(15)22)27-14-24-20-6-4-16(12-18(20)21(27)28)26-9-7-25(2)8-10-26/h3-6,11-14H,7-10,22H2,1-2H3. The van der Waals surface area contributed by atoms with Crippen LogP contribution < -0.4 is 16.2 Å². The molecule has 4 rings (SSSR count). The zero-order valence-corrected chi connectivity index (χ0v) is 16.2. The van der Waals surface area contributed by atoms with Gasteiger partial charge in [-0.15, -0.1) is 0 Å². The Hall–Kier alpha value is -3.19. The van der Waals surface area contributed by atoms with E-state index >= 15 is 0 Å². The van der Waals surface area contributed by atoms with Crippen molar-refractivity contribution in [3.8, 4) is 5.69 Å². The fourth-order valence-corrected chi connectivity index (χ4v) is 3.52. The molecule has 0 amide bonds. The van der Waals surface area contributed by atoms with Crippen LogP contribution in [0, 0.1) is 0 Å². The van der Waals surface area contributed by atoms with E-state index in [9.17, 15) is 4.79 Å². The van der Waals surface area contributed by atoms with Gasteiger partial charge in [-0.05, 0) is 43.4 Å². The van der Waals surface area contributed by atoms with Gasteiger partial charge in [-0.3, -0.25) is 14.4 Å². The van der Waals surface area contributed by atoms with Crippen LogP contribution >= 0.6 is 0 Å². The Balaban J connectivity index is 1.78. The Kier molecular flexibility index (Phi) is 4.83. The molecule has 0 radical (unpaired) electrons. The van der Waals surface area contributed by atoms with Gasteiger partial charge in [-0.25, -0.2) is 4.98 Å². The van der Waals surface area contributed by atoms with Crippen LogP contribution in [0.4, 0.5) is 11.4 Å². The molecule has 2 heterocycles. The van der Waals surface area contributed by atoms with Crippen molar-refractivity contribution in [3.05, 3.63) is 58.6 Å². The van der Waals surface area contributed by atoms with Gasteiger partial charge >= 0.3 is 0 Å². The first-order valence-electron chi connectivity index (χ1n) is 9.34. The van der Waals surface area contributed by atoms with Crippen LogP contribution in [-0.2, 0) is 0 Å². The maximum Gasteiger partial charge on any atom is 0.265 e. The van der Waals surface area contributed by atoms with Crippen LogP contribution in [-0.4, -0.2) is 60.9 Å². The molecule has 1 aliphatic heterocycles. The second-order valence-corrected chi connectivity index (χ2v) is 7.11. The largest absolute Gasteiger partial charge is 0.398 e. The molecule has 0 aliphatic carbocycles. The summed E-state index contributed by atoms with van der Waals surface area (Å²) in [5.41, 5.74) is 9.77. The van der Waals surface area contributed by atoms with Gasteiger partial charge in [0.15, 0.2) is 0 Å². The number of rotatable bonds is 3. The summed E-state index contributed by atoms with van der Waals surface area (Å²) in [6, 6.07) is 11.4. The predicted octanol–water partition coefficient (Wildman–Crippen LogP) is 1.77. The van der Waals surface area contributed by atoms with Crippen molar-refractivity contribution in [3.63, 3.8) is 0 Å². The number of aliphatic imine (C=N–C) groups is 1. The first-order valence-corrected chi connectivity index (χ1v) is 9.34. The van der Waals surface area contributed by atoms with E-state index in [0.29, 0.717) is 22.3 Å². The van der Waals surface area contributed by atoms with Gasteiger partial charge in [0, 0.05) is 56.4 Å². The fraction of sp³-hybridized carbons (Fsp3) is 0.286. The molecule has 144 valence electrons. The summed E-state index contributed by atoms with van der Waals surface area (Å²) in [6.07, 6.45) is 3.25. The molecule has 0 unspecified atom stereocenters. The number of nitrogens with zero attached hydrogens (tertiary/aromatic N) is 5. The number of likely N-dealkylation sites (N-methyl/N-ethyl adjacent to an activating group) is 1. The molecule has 1 fully saturated rings. The lowest BCUT2D eigenvalue weighted by Crippen LogP contribution is -2.44. The molecule has 28 heavy (non-hydrogen) atoms. The van der Waals surface area contributed by atoms with Gasteiger partial charge in [-0.2, -0.15) is 0 Å². The van der Waals surface area contributed by atoms with E-state index in [1.165, 1.54) is 0 Å². The highest BCUT2D eigenvalue weighted by Crippen LogP contribution is 2.21. The summed E-state index contributed by atoms with van der Waals surface area (Å²) in [5.74, 6) is 0. The molecular formula is C21H24N6O. The molecule has 0 spiro atoms. The lowest BCUT2D eigenvalue weighted by molar-refractivity contribution is 0.313. The number of nitrogen functional groups attached to an aromatic ring is 1. The molecule has 7 heteroatoms. The summed E-state index contributed by atoms with van der Waals surface area (Å²) in [6.45, 7) is 3.94. The smallest absolute Gasteiger partial charge is 0.265 e. The minimum Gasteiger partial charge on any atom is -0.398 e. The summed E-state index contributed by atoms with van der Waals surface area (Å²) >= 11 is 0. The van der Waals surface area contributed by atoms with Gasteiger partial charge in [-0.1, -0.05) is 0 Å². The normalized spacial score (nSPS) is 15.6. The minimum absolute atomic E-state index is 0.0925. The number of anilines is 2. The Morgan fingerprint density at radius 2 is 1.82 bits per heavy atom. The van der Waals surface area contributed by atoms with Crippen molar-refractivity contribution in [2.24, 2.45) is 4.99 Å². The third-order valence-corrected chi connectivity index (χ3v) is 5.23. The fourth-order valence-electron chi connectivity index (χ4n) is 3.52. The molecule has 1 aliphatic rings. The number of aromatic nitrogens is 2. The first kappa shape index (κ1) is 18.2. The molecule has 1 aromatic heterocycles. The molecular weight excluding hydrogens is 352 g/mol. The van der Waals surface area contributed by atoms with Crippen molar-refractivity contribution in [1.82, 2.24) is 14.5 Å². The zero-order valence-electron chi connectivity index (χ0n) is 16.2. The summed E-state index contributed by atoms with van der Waals surface area (Å²) in [4.78, 5) is 26.3. The van der Waals surface area contributed by atoms with Crippen molar-refractivity contribution in [1.29, 1.82) is 0 Å². The van der Waals surface area contributed by atoms with Crippen molar-refractivity contribution < 1.29 is 0 Å². The topological polar surface area (TPSA) is 79.8 Å². The second kappa shape index (κ2) is 7.44.